The molecular formula is C20H31FN6S. The van der Waals surface area contributed by atoms with Crippen LogP contribution >= 0.6 is 11.8 Å². The van der Waals surface area contributed by atoms with Crippen molar-refractivity contribution in [1.29, 1.82) is 0 Å². The zero-order valence-electron chi connectivity index (χ0n) is 17.4. The maximum absolute atomic E-state index is 13.4. The van der Waals surface area contributed by atoms with Crippen LogP contribution in [-0.2, 0) is 19.5 Å². The molecule has 0 unspecified atom stereocenters. The molecule has 0 atom stereocenters. The van der Waals surface area contributed by atoms with Crippen LogP contribution < -0.4 is 5.32 Å². The molecule has 2 rings (SSSR count). The first kappa shape index (κ1) is 22.2. The Balaban J connectivity index is 1.85. The molecule has 0 spiro atoms. The van der Waals surface area contributed by atoms with Gasteiger partial charge in [-0.25, -0.2) is 4.39 Å². The molecule has 0 saturated heterocycles. The van der Waals surface area contributed by atoms with Gasteiger partial charge in [0.15, 0.2) is 11.1 Å². The minimum absolute atomic E-state index is 0.219. The summed E-state index contributed by atoms with van der Waals surface area (Å²) in [6.45, 7) is 6.71. The van der Waals surface area contributed by atoms with Crippen LogP contribution in [0.15, 0.2) is 34.4 Å². The van der Waals surface area contributed by atoms with E-state index in [2.05, 4.69) is 38.9 Å². The Bertz CT molecular complexity index is 774. The normalized spacial score (nSPS) is 11.9. The van der Waals surface area contributed by atoms with Crippen molar-refractivity contribution in [3.8, 4) is 0 Å². The van der Waals surface area contributed by atoms with Crippen molar-refractivity contribution in [2.24, 2.45) is 10.9 Å². The van der Waals surface area contributed by atoms with Crippen molar-refractivity contribution in [3.63, 3.8) is 0 Å². The number of thioether (sulfide) groups is 1. The van der Waals surface area contributed by atoms with E-state index in [4.69, 9.17) is 0 Å². The van der Waals surface area contributed by atoms with Gasteiger partial charge in [0.05, 0.1) is 0 Å². The molecule has 1 aromatic carbocycles. The van der Waals surface area contributed by atoms with Crippen LogP contribution in [0.4, 0.5) is 4.39 Å². The fraction of sp³-hybridized carbons (Fsp3) is 0.550. The highest BCUT2D eigenvalue weighted by molar-refractivity contribution is 7.98. The van der Waals surface area contributed by atoms with Gasteiger partial charge in [-0.05, 0) is 36.3 Å². The van der Waals surface area contributed by atoms with Crippen LogP contribution in [0.2, 0.25) is 0 Å². The number of aliphatic imine (C=N–C) groups is 1. The Hall–Kier alpha value is -2.09. The number of benzene rings is 1. The lowest BCUT2D eigenvalue weighted by atomic mass is 10.2. The number of rotatable bonds is 9. The van der Waals surface area contributed by atoms with Crippen LogP contribution in [0.1, 0.15) is 31.7 Å². The van der Waals surface area contributed by atoms with Gasteiger partial charge in [0, 0.05) is 40.2 Å². The lowest BCUT2D eigenvalue weighted by Gasteiger charge is -2.22. The smallest absolute Gasteiger partial charge is 0.193 e. The molecule has 0 saturated carbocycles. The van der Waals surface area contributed by atoms with Gasteiger partial charge in [-0.3, -0.25) is 4.99 Å². The first-order chi connectivity index (χ1) is 13.4. The van der Waals surface area contributed by atoms with E-state index in [9.17, 15) is 4.39 Å². The van der Waals surface area contributed by atoms with E-state index in [1.165, 1.54) is 6.07 Å². The topological polar surface area (TPSA) is 58.3 Å². The van der Waals surface area contributed by atoms with Crippen LogP contribution in [-0.4, -0.2) is 52.5 Å². The Morgan fingerprint density at radius 1 is 1.36 bits per heavy atom. The first-order valence-corrected chi connectivity index (χ1v) is 10.8. The summed E-state index contributed by atoms with van der Waals surface area (Å²) in [6, 6.07) is 6.65. The Kier molecular flexibility index (Phi) is 8.76. The van der Waals surface area contributed by atoms with Crippen molar-refractivity contribution < 1.29 is 4.39 Å². The molecule has 1 aromatic heterocycles. The van der Waals surface area contributed by atoms with Gasteiger partial charge in [0.1, 0.15) is 11.6 Å². The Labute approximate surface area is 171 Å². The molecule has 0 bridgehead atoms. The number of hydrogen-bond acceptors (Lipinski definition) is 4. The molecule has 154 valence electrons. The van der Waals surface area contributed by atoms with E-state index in [0.717, 1.165) is 48.4 Å². The molecule has 0 aliphatic carbocycles. The molecule has 0 radical (unpaired) electrons. The van der Waals surface area contributed by atoms with Crippen LogP contribution in [0.5, 0.6) is 0 Å². The third kappa shape index (κ3) is 6.51. The lowest BCUT2D eigenvalue weighted by molar-refractivity contribution is 0.468. The molecule has 0 aliphatic rings. The molecule has 0 amide bonds. The minimum Gasteiger partial charge on any atom is -0.356 e. The summed E-state index contributed by atoms with van der Waals surface area (Å²) in [4.78, 5) is 6.31. The zero-order chi connectivity index (χ0) is 20.5. The SMILES string of the molecule is CN=C(NCCCc1nnc(SC)n1CC(C)C)N(C)Cc1cccc(F)c1. The van der Waals surface area contributed by atoms with E-state index < -0.39 is 0 Å². The number of aryl methyl sites for hydroxylation is 1. The van der Waals surface area contributed by atoms with Gasteiger partial charge in [0.25, 0.3) is 0 Å². The maximum atomic E-state index is 13.4. The summed E-state index contributed by atoms with van der Waals surface area (Å²) in [5.41, 5.74) is 0.914. The highest BCUT2D eigenvalue weighted by atomic mass is 32.2. The Morgan fingerprint density at radius 2 is 2.14 bits per heavy atom. The summed E-state index contributed by atoms with van der Waals surface area (Å²) in [5.74, 6) is 2.15. The average Bonchev–Trinajstić information content (AvgIpc) is 3.02. The maximum Gasteiger partial charge on any atom is 0.193 e. The highest BCUT2D eigenvalue weighted by Crippen LogP contribution is 2.16. The second-order valence-electron chi connectivity index (χ2n) is 7.17. The fourth-order valence-corrected chi connectivity index (χ4v) is 3.54. The number of nitrogens with zero attached hydrogens (tertiary/aromatic N) is 5. The molecule has 8 heteroatoms. The second kappa shape index (κ2) is 11.0. The van der Waals surface area contributed by atoms with E-state index in [-0.39, 0.29) is 5.82 Å². The van der Waals surface area contributed by atoms with Crippen molar-refractivity contribution in [1.82, 2.24) is 25.0 Å². The summed E-state index contributed by atoms with van der Waals surface area (Å²) in [6.07, 6.45) is 3.82. The number of aromatic nitrogens is 3. The Morgan fingerprint density at radius 3 is 2.79 bits per heavy atom. The number of halogens is 1. The van der Waals surface area contributed by atoms with Crippen LogP contribution in [0.3, 0.4) is 0 Å². The molecule has 6 nitrogen and oxygen atoms in total. The fourth-order valence-electron chi connectivity index (χ4n) is 3.02. The van der Waals surface area contributed by atoms with E-state index in [0.29, 0.717) is 12.5 Å². The van der Waals surface area contributed by atoms with Crippen molar-refractivity contribution in [3.05, 3.63) is 41.5 Å². The standard InChI is InChI=1S/C20H31FN6S/c1-15(2)13-27-18(24-25-20(27)28-5)10-7-11-23-19(22-3)26(4)14-16-8-6-9-17(21)12-16/h6,8-9,12,15H,7,10-11,13-14H2,1-5H3,(H,22,23). The molecule has 0 aliphatic heterocycles. The second-order valence-corrected chi connectivity index (χ2v) is 7.94. The van der Waals surface area contributed by atoms with E-state index in [1.807, 2.05) is 24.3 Å². The highest BCUT2D eigenvalue weighted by Gasteiger charge is 2.13. The quantitative estimate of drug-likeness (QED) is 0.299. The van der Waals surface area contributed by atoms with Gasteiger partial charge in [-0.15, -0.1) is 10.2 Å². The monoisotopic (exact) mass is 406 g/mol. The molecule has 1 heterocycles. The van der Waals surface area contributed by atoms with Gasteiger partial charge in [-0.1, -0.05) is 37.7 Å². The average molecular weight is 407 g/mol. The predicted molar refractivity (Wildman–Crippen MR) is 114 cm³/mol. The minimum atomic E-state index is -0.219. The summed E-state index contributed by atoms with van der Waals surface area (Å²) >= 11 is 1.63. The van der Waals surface area contributed by atoms with Gasteiger partial charge >= 0.3 is 0 Å². The van der Waals surface area contributed by atoms with Gasteiger partial charge in [-0.2, -0.15) is 0 Å². The number of guanidine groups is 1. The van der Waals surface area contributed by atoms with Gasteiger partial charge in [0.2, 0.25) is 0 Å². The molecular weight excluding hydrogens is 375 g/mol. The third-order valence-corrected chi connectivity index (χ3v) is 4.93. The van der Waals surface area contributed by atoms with Gasteiger partial charge < -0.3 is 14.8 Å². The zero-order valence-corrected chi connectivity index (χ0v) is 18.3. The predicted octanol–water partition coefficient (Wildman–Crippen LogP) is 3.44. The summed E-state index contributed by atoms with van der Waals surface area (Å²) < 4.78 is 15.6. The lowest BCUT2D eigenvalue weighted by Crippen LogP contribution is -2.39. The third-order valence-electron chi connectivity index (χ3n) is 4.27. The van der Waals surface area contributed by atoms with Crippen LogP contribution in [0.25, 0.3) is 0 Å². The van der Waals surface area contributed by atoms with Crippen molar-refractivity contribution >= 4 is 17.7 Å². The van der Waals surface area contributed by atoms with E-state index >= 15 is 0 Å². The van der Waals surface area contributed by atoms with Crippen molar-refractivity contribution in [2.75, 3.05) is 26.9 Å². The molecule has 28 heavy (non-hydrogen) atoms. The van der Waals surface area contributed by atoms with E-state index in [1.54, 1.807) is 30.9 Å². The number of nitrogens with one attached hydrogen (secondary N) is 1. The molecule has 2 aromatic rings. The largest absolute Gasteiger partial charge is 0.356 e. The molecule has 0 fully saturated rings. The summed E-state index contributed by atoms with van der Waals surface area (Å²) in [5, 5.41) is 13.0. The summed E-state index contributed by atoms with van der Waals surface area (Å²) in [7, 11) is 3.71. The first-order valence-electron chi connectivity index (χ1n) is 9.56. The molecule has 1 N–H and O–H groups in total. The number of hydrogen-bond donors (Lipinski definition) is 1. The van der Waals surface area contributed by atoms with Crippen LogP contribution in [0, 0.1) is 11.7 Å². The van der Waals surface area contributed by atoms with Crippen molar-refractivity contribution in [2.45, 2.75) is 44.9 Å².